The number of nitrogens with one attached hydrogen (secondary N) is 1. The Bertz CT molecular complexity index is 566. The summed E-state index contributed by atoms with van der Waals surface area (Å²) in [4.78, 5) is 25.3. The highest BCUT2D eigenvalue weighted by Gasteiger charge is 2.30. The largest absolute Gasteiger partial charge is 0.383 e. The van der Waals surface area contributed by atoms with Crippen LogP contribution in [0.2, 0.25) is 0 Å². The lowest BCUT2D eigenvalue weighted by Crippen LogP contribution is -2.38. The number of rotatable bonds is 6. The molecule has 0 bridgehead atoms. The van der Waals surface area contributed by atoms with Gasteiger partial charge in [0.25, 0.3) is 0 Å². The third-order valence-electron chi connectivity index (χ3n) is 3.53. The van der Waals surface area contributed by atoms with Gasteiger partial charge in [0, 0.05) is 32.2 Å². The predicted octanol–water partition coefficient (Wildman–Crippen LogP) is 0.871. The minimum atomic E-state index is -1.01. The Morgan fingerprint density at radius 1 is 1.45 bits per heavy atom. The van der Waals surface area contributed by atoms with Crippen molar-refractivity contribution in [3.05, 3.63) is 35.4 Å². The fourth-order valence-electron chi connectivity index (χ4n) is 2.42. The van der Waals surface area contributed by atoms with Gasteiger partial charge in [-0.25, -0.2) is 8.78 Å². The maximum absolute atomic E-state index is 13.5. The van der Waals surface area contributed by atoms with E-state index >= 15 is 0 Å². The van der Waals surface area contributed by atoms with Crippen molar-refractivity contribution in [1.29, 1.82) is 0 Å². The average molecular weight is 312 g/mol. The highest BCUT2D eigenvalue weighted by atomic mass is 19.2. The molecule has 1 aromatic carbocycles. The highest BCUT2D eigenvalue weighted by molar-refractivity contribution is 5.83. The Morgan fingerprint density at radius 3 is 2.95 bits per heavy atom. The van der Waals surface area contributed by atoms with Crippen LogP contribution in [-0.4, -0.2) is 49.6 Å². The quantitative estimate of drug-likeness (QED) is 0.848. The third kappa shape index (κ3) is 4.00. The van der Waals surface area contributed by atoms with Crippen LogP contribution in [0, 0.1) is 11.6 Å². The normalized spacial score (nSPS) is 17.9. The van der Waals surface area contributed by atoms with Gasteiger partial charge in [-0.3, -0.25) is 9.59 Å². The zero-order valence-electron chi connectivity index (χ0n) is 12.3. The van der Waals surface area contributed by atoms with Crippen LogP contribution in [0.3, 0.4) is 0 Å². The number of methoxy groups -OCH3 is 1. The summed E-state index contributed by atoms with van der Waals surface area (Å²) >= 11 is 0. The monoisotopic (exact) mass is 312 g/mol. The van der Waals surface area contributed by atoms with E-state index < -0.39 is 17.5 Å². The standard InChI is InChI=1S/C15H18F2N2O3/c1-22-6-5-19-9-11(8-14(19)21)18-13(20)7-10-3-2-4-12(16)15(10)17/h2-4,11H,5-9H2,1H3,(H,18,20)/t11-/m0/s1. The summed E-state index contributed by atoms with van der Waals surface area (Å²) < 4.78 is 31.5. The molecule has 7 heteroatoms. The lowest BCUT2D eigenvalue weighted by Gasteiger charge is -2.16. The van der Waals surface area contributed by atoms with Crippen molar-refractivity contribution in [2.45, 2.75) is 18.9 Å². The Labute approximate surface area is 127 Å². The van der Waals surface area contributed by atoms with Crippen LogP contribution < -0.4 is 5.32 Å². The molecule has 1 aromatic rings. The van der Waals surface area contributed by atoms with Crippen molar-refractivity contribution in [3.8, 4) is 0 Å². The Morgan fingerprint density at radius 2 is 2.23 bits per heavy atom. The third-order valence-corrected chi connectivity index (χ3v) is 3.53. The molecule has 0 spiro atoms. The van der Waals surface area contributed by atoms with E-state index in [1.807, 2.05) is 0 Å². The van der Waals surface area contributed by atoms with Gasteiger partial charge < -0.3 is 15.0 Å². The molecule has 22 heavy (non-hydrogen) atoms. The second-order valence-corrected chi connectivity index (χ2v) is 5.19. The van der Waals surface area contributed by atoms with Crippen LogP contribution in [0.4, 0.5) is 8.78 Å². The van der Waals surface area contributed by atoms with Gasteiger partial charge in [-0.15, -0.1) is 0 Å². The molecule has 0 saturated carbocycles. The summed E-state index contributed by atoms with van der Waals surface area (Å²) in [5.41, 5.74) is -0.00179. The van der Waals surface area contributed by atoms with Gasteiger partial charge in [-0.05, 0) is 6.07 Å². The molecule has 0 radical (unpaired) electrons. The second-order valence-electron chi connectivity index (χ2n) is 5.19. The lowest BCUT2D eigenvalue weighted by molar-refractivity contribution is -0.128. The van der Waals surface area contributed by atoms with Crippen LogP contribution in [-0.2, 0) is 20.7 Å². The number of amides is 2. The van der Waals surface area contributed by atoms with E-state index in [1.54, 1.807) is 12.0 Å². The molecule has 1 aliphatic rings. The first-order valence-electron chi connectivity index (χ1n) is 7.00. The van der Waals surface area contributed by atoms with E-state index in [0.717, 1.165) is 6.07 Å². The van der Waals surface area contributed by atoms with Crippen molar-refractivity contribution >= 4 is 11.8 Å². The number of carbonyl (C=O) groups is 2. The van der Waals surface area contributed by atoms with Gasteiger partial charge in [0.2, 0.25) is 11.8 Å². The molecule has 1 heterocycles. The SMILES string of the molecule is COCCN1C[C@@H](NC(=O)Cc2cccc(F)c2F)CC1=O. The molecule has 1 atom stereocenters. The number of nitrogens with zero attached hydrogens (tertiary/aromatic N) is 1. The second kappa shape index (κ2) is 7.31. The average Bonchev–Trinajstić information content (AvgIpc) is 2.81. The zero-order chi connectivity index (χ0) is 16.1. The van der Waals surface area contributed by atoms with E-state index in [4.69, 9.17) is 4.74 Å². The zero-order valence-corrected chi connectivity index (χ0v) is 12.3. The maximum Gasteiger partial charge on any atom is 0.224 e. The fourth-order valence-corrected chi connectivity index (χ4v) is 2.42. The van der Waals surface area contributed by atoms with Crippen LogP contribution in [0.1, 0.15) is 12.0 Å². The summed E-state index contributed by atoms with van der Waals surface area (Å²) in [5, 5.41) is 2.68. The molecule has 2 rings (SSSR count). The molecule has 2 amide bonds. The van der Waals surface area contributed by atoms with Gasteiger partial charge in [-0.1, -0.05) is 12.1 Å². The smallest absolute Gasteiger partial charge is 0.224 e. The van der Waals surface area contributed by atoms with Crippen LogP contribution in [0.15, 0.2) is 18.2 Å². The van der Waals surface area contributed by atoms with Crippen molar-refractivity contribution in [1.82, 2.24) is 10.2 Å². The first-order chi connectivity index (χ1) is 10.5. The number of hydrogen-bond acceptors (Lipinski definition) is 3. The number of ether oxygens (including phenoxy) is 1. The number of benzene rings is 1. The molecule has 1 fully saturated rings. The highest BCUT2D eigenvalue weighted by Crippen LogP contribution is 2.14. The van der Waals surface area contributed by atoms with E-state index in [0.29, 0.717) is 19.7 Å². The van der Waals surface area contributed by atoms with Crippen molar-refractivity contribution in [2.24, 2.45) is 0 Å². The van der Waals surface area contributed by atoms with Crippen molar-refractivity contribution in [2.75, 3.05) is 26.8 Å². The topological polar surface area (TPSA) is 58.6 Å². The summed E-state index contributed by atoms with van der Waals surface area (Å²) in [6.07, 6.45) is -0.0482. The molecular weight excluding hydrogens is 294 g/mol. The summed E-state index contributed by atoms with van der Waals surface area (Å²) in [6.45, 7) is 1.31. The molecule has 1 N–H and O–H groups in total. The molecule has 0 aromatic heterocycles. The van der Waals surface area contributed by atoms with Gasteiger partial charge in [-0.2, -0.15) is 0 Å². The van der Waals surface area contributed by atoms with E-state index in [9.17, 15) is 18.4 Å². The number of likely N-dealkylation sites (tertiary alicyclic amines) is 1. The number of carbonyl (C=O) groups excluding carboxylic acids is 2. The van der Waals surface area contributed by atoms with Gasteiger partial charge in [0.05, 0.1) is 19.1 Å². The molecular formula is C15H18F2N2O3. The summed E-state index contributed by atoms with van der Waals surface area (Å²) in [6, 6.07) is 3.41. The van der Waals surface area contributed by atoms with E-state index in [-0.39, 0.29) is 30.4 Å². The molecule has 1 saturated heterocycles. The molecule has 0 aliphatic carbocycles. The Hall–Kier alpha value is -2.02. The minimum absolute atomic E-state index is 0.00179. The van der Waals surface area contributed by atoms with Gasteiger partial charge in [0.15, 0.2) is 11.6 Å². The van der Waals surface area contributed by atoms with Crippen molar-refractivity contribution in [3.63, 3.8) is 0 Å². The fraction of sp³-hybridized carbons (Fsp3) is 0.467. The number of hydrogen-bond donors (Lipinski definition) is 1. The lowest BCUT2D eigenvalue weighted by atomic mass is 10.1. The van der Waals surface area contributed by atoms with E-state index in [2.05, 4.69) is 5.32 Å². The van der Waals surface area contributed by atoms with Gasteiger partial charge in [0.1, 0.15) is 0 Å². The molecule has 1 aliphatic heterocycles. The predicted molar refractivity (Wildman–Crippen MR) is 75.1 cm³/mol. The first-order valence-corrected chi connectivity index (χ1v) is 7.00. The maximum atomic E-state index is 13.5. The summed E-state index contributed by atoms with van der Waals surface area (Å²) in [5.74, 6) is -2.48. The van der Waals surface area contributed by atoms with Crippen molar-refractivity contribution < 1.29 is 23.1 Å². The molecule has 0 unspecified atom stereocenters. The number of halogens is 2. The minimum Gasteiger partial charge on any atom is -0.383 e. The Kier molecular flexibility index (Phi) is 5.43. The van der Waals surface area contributed by atoms with Crippen LogP contribution in [0.5, 0.6) is 0 Å². The van der Waals surface area contributed by atoms with Gasteiger partial charge >= 0.3 is 0 Å². The molecule has 120 valence electrons. The van der Waals surface area contributed by atoms with Crippen LogP contribution in [0.25, 0.3) is 0 Å². The van der Waals surface area contributed by atoms with Crippen LogP contribution >= 0.6 is 0 Å². The molecule has 5 nitrogen and oxygen atoms in total. The van der Waals surface area contributed by atoms with E-state index in [1.165, 1.54) is 12.1 Å². The first kappa shape index (κ1) is 16.4. The summed E-state index contributed by atoms with van der Waals surface area (Å²) in [7, 11) is 1.55. The Balaban J connectivity index is 1.88.